The number of hydrogen-bond acceptors (Lipinski definition) is 1. The molecule has 2 nitrogen and oxygen atoms in total. The van der Waals surface area contributed by atoms with Crippen molar-refractivity contribution >= 4 is 33.4 Å². The second kappa shape index (κ2) is 6.32. The molecule has 1 amide bonds. The highest BCUT2D eigenvalue weighted by molar-refractivity contribution is 9.10. The molecule has 2 atom stereocenters. The van der Waals surface area contributed by atoms with Crippen LogP contribution in [0.1, 0.15) is 50.5 Å². The fraction of sp³-hybridized carbons (Fsp3) is 0.650. The van der Waals surface area contributed by atoms with Crippen molar-refractivity contribution in [2.24, 2.45) is 17.3 Å². The predicted molar refractivity (Wildman–Crippen MR) is 102 cm³/mol. The number of carbonyl (C=O) groups excluding carboxylic acids is 1. The number of carbonyl (C=O) groups is 1. The summed E-state index contributed by atoms with van der Waals surface area (Å²) in [4.78, 5) is 12.5. The standard InChI is InChI=1S/C20H25BrClNO/c21-20-10-15-6-16(11-20)9-19(8-15,13-20)12-18(24)23-5-4-14-2-1-3-17(22)7-14/h1-3,7,15-16H,4-6,8-13H2,(H,23,24). The molecule has 0 aliphatic heterocycles. The third-order valence-electron chi connectivity index (χ3n) is 6.27. The smallest absolute Gasteiger partial charge is 0.220 e. The van der Waals surface area contributed by atoms with Gasteiger partial charge in [-0.3, -0.25) is 4.79 Å². The summed E-state index contributed by atoms with van der Waals surface area (Å²) in [6, 6.07) is 7.88. The minimum absolute atomic E-state index is 0.232. The van der Waals surface area contributed by atoms with Crippen LogP contribution in [0.3, 0.4) is 0 Å². The van der Waals surface area contributed by atoms with Gasteiger partial charge in [-0.25, -0.2) is 0 Å². The van der Waals surface area contributed by atoms with Crippen molar-refractivity contribution in [1.82, 2.24) is 5.32 Å². The van der Waals surface area contributed by atoms with E-state index >= 15 is 0 Å². The van der Waals surface area contributed by atoms with Crippen molar-refractivity contribution in [3.63, 3.8) is 0 Å². The Bertz CT molecular complexity index is 632. The van der Waals surface area contributed by atoms with E-state index in [0.717, 1.165) is 23.3 Å². The van der Waals surface area contributed by atoms with E-state index in [1.54, 1.807) is 0 Å². The topological polar surface area (TPSA) is 29.1 Å². The Labute approximate surface area is 157 Å². The van der Waals surface area contributed by atoms with Crippen LogP contribution >= 0.6 is 27.5 Å². The molecule has 130 valence electrons. The molecule has 0 spiro atoms. The van der Waals surface area contributed by atoms with Crippen LogP contribution in [0.5, 0.6) is 0 Å². The molecule has 0 aromatic heterocycles. The van der Waals surface area contributed by atoms with Gasteiger partial charge in [0.15, 0.2) is 0 Å². The third-order valence-corrected chi connectivity index (χ3v) is 7.43. The van der Waals surface area contributed by atoms with Crippen LogP contribution in [-0.4, -0.2) is 16.8 Å². The van der Waals surface area contributed by atoms with Crippen molar-refractivity contribution in [2.75, 3.05) is 6.54 Å². The lowest BCUT2D eigenvalue weighted by molar-refractivity contribution is -0.128. The van der Waals surface area contributed by atoms with Gasteiger partial charge in [-0.1, -0.05) is 39.7 Å². The maximum Gasteiger partial charge on any atom is 0.220 e. The van der Waals surface area contributed by atoms with Crippen LogP contribution in [0, 0.1) is 17.3 Å². The molecular formula is C20H25BrClNO. The van der Waals surface area contributed by atoms with Gasteiger partial charge in [0.2, 0.25) is 5.91 Å². The molecule has 1 aromatic carbocycles. The summed E-state index contributed by atoms with van der Waals surface area (Å²) in [5.41, 5.74) is 1.44. The maximum absolute atomic E-state index is 12.5. The molecule has 4 aliphatic rings. The Morgan fingerprint density at radius 2 is 2.00 bits per heavy atom. The van der Waals surface area contributed by atoms with E-state index < -0.39 is 0 Å². The molecule has 24 heavy (non-hydrogen) atoms. The quantitative estimate of drug-likeness (QED) is 0.670. The van der Waals surface area contributed by atoms with Crippen LogP contribution < -0.4 is 5.32 Å². The number of amides is 1. The lowest BCUT2D eigenvalue weighted by Gasteiger charge is -2.60. The Morgan fingerprint density at radius 3 is 2.67 bits per heavy atom. The number of hydrogen-bond donors (Lipinski definition) is 1. The summed E-state index contributed by atoms with van der Waals surface area (Å²) in [6.45, 7) is 0.696. The first kappa shape index (κ1) is 16.9. The lowest BCUT2D eigenvalue weighted by Crippen LogP contribution is -2.54. The molecule has 0 heterocycles. The van der Waals surface area contributed by atoms with E-state index in [1.807, 2.05) is 18.2 Å². The molecule has 4 aliphatic carbocycles. The first-order valence-corrected chi connectivity index (χ1v) is 10.3. The zero-order chi connectivity index (χ0) is 16.8. The summed E-state index contributed by atoms with van der Waals surface area (Å²) in [5, 5.41) is 3.90. The van der Waals surface area contributed by atoms with Crippen molar-refractivity contribution in [3.05, 3.63) is 34.9 Å². The van der Waals surface area contributed by atoms with Gasteiger partial charge in [-0.2, -0.15) is 0 Å². The number of alkyl halides is 1. The first-order chi connectivity index (χ1) is 11.4. The lowest BCUT2D eigenvalue weighted by atomic mass is 9.48. The molecule has 0 radical (unpaired) electrons. The number of nitrogens with one attached hydrogen (secondary N) is 1. The van der Waals surface area contributed by atoms with Crippen LogP contribution in [0.2, 0.25) is 5.02 Å². The monoisotopic (exact) mass is 409 g/mol. The van der Waals surface area contributed by atoms with E-state index in [4.69, 9.17) is 11.6 Å². The van der Waals surface area contributed by atoms with Crippen molar-refractivity contribution in [3.8, 4) is 0 Å². The van der Waals surface area contributed by atoms with E-state index in [-0.39, 0.29) is 11.3 Å². The first-order valence-electron chi connectivity index (χ1n) is 9.14. The predicted octanol–water partition coefficient (Wildman–Crippen LogP) is 5.12. The molecule has 0 saturated heterocycles. The van der Waals surface area contributed by atoms with Gasteiger partial charge in [0.05, 0.1) is 0 Å². The third kappa shape index (κ3) is 3.53. The Hall–Kier alpha value is -0.540. The summed E-state index contributed by atoms with van der Waals surface area (Å²) < 4.78 is 0.331. The van der Waals surface area contributed by atoms with Gasteiger partial charge >= 0.3 is 0 Å². The molecule has 4 saturated carbocycles. The van der Waals surface area contributed by atoms with E-state index in [2.05, 4.69) is 27.3 Å². The van der Waals surface area contributed by atoms with E-state index in [9.17, 15) is 4.79 Å². The zero-order valence-electron chi connectivity index (χ0n) is 14.0. The van der Waals surface area contributed by atoms with Gasteiger partial charge in [0.25, 0.3) is 0 Å². The normalized spacial score (nSPS) is 36.8. The maximum atomic E-state index is 12.5. The molecule has 2 unspecified atom stereocenters. The van der Waals surface area contributed by atoms with Crippen LogP contribution in [-0.2, 0) is 11.2 Å². The molecule has 1 N–H and O–H groups in total. The fourth-order valence-electron chi connectivity index (χ4n) is 5.98. The average Bonchev–Trinajstić information content (AvgIpc) is 2.43. The van der Waals surface area contributed by atoms with Crippen molar-refractivity contribution in [2.45, 2.75) is 55.7 Å². The minimum atomic E-state index is 0.232. The molecule has 1 aromatic rings. The highest BCUT2D eigenvalue weighted by Gasteiger charge is 2.57. The summed E-state index contributed by atoms with van der Waals surface area (Å²) in [7, 11) is 0. The minimum Gasteiger partial charge on any atom is -0.356 e. The fourth-order valence-corrected chi connectivity index (χ4v) is 7.71. The highest BCUT2D eigenvalue weighted by atomic mass is 79.9. The number of halogens is 2. The van der Waals surface area contributed by atoms with Gasteiger partial charge in [-0.05, 0) is 79.9 Å². The molecule has 4 bridgehead atoms. The zero-order valence-corrected chi connectivity index (χ0v) is 16.3. The second-order valence-electron chi connectivity index (χ2n) is 8.52. The van der Waals surface area contributed by atoms with Crippen LogP contribution in [0.4, 0.5) is 0 Å². The summed E-state index contributed by atoms with van der Waals surface area (Å²) >= 11 is 10.0. The van der Waals surface area contributed by atoms with Gasteiger partial charge in [0, 0.05) is 22.3 Å². The van der Waals surface area contributed by atoms with Crippen molar-refractivity contribution < 1.29 is 4.79 Å². The van der Waals surface area contributed by atoms with Gasteiger partial charge < -0.3 is 5.32 Å². The summed E-state index contributed by atoms with van der Waals surface area (Å²) in [6.07, 6.45) is 9.30. The molecule has 4 heteroatoms. The average molecular weight is 411 g/mol. The summed E-state index contributed by atoms with van der Waals surface area (Å²) in [5.74, 6) is 1.91. The SMILES string of the molecule is O=C(CC12CC3CC(CC(Br)(C3)C1)C2)NCCc1cccc(Cl)c1. The molecule has 5 rings (SSSR count). The van der Waals surface area contributed by atoms with Gasteiger partial charge in [-0.15, -0.1) is 0 Å². The van der Waals surface area contributed by atoms with E-state index in [0.29, 0.717) is 17.3 Å². The highest BCUT2D eigenvalue weighted by Crippen LogP contribution is 2.65. The number of rotatable bonds is 5. The Balaban J connectivity index is 1.32. The number of benzene rings is 1. The Morgan fingerprint density at radius 1 is 1.25 bits per heavy atom. The van der Waals surface area contributed by atoms with Crippen LogP contribution in [0.25, 0.3) is 0 Å². The second-order valence-corrected chi connectivity index (χ2v) is 10.6. The van der Waals surface area contributed by atoms with E-state index in [1.165, 1.54) is 44.1 Å². The Kier molecular flexibility index (Phi) is 4.45. The van der Waals surface area contributed by atoms with Crippen LogP contribution in [0.15, 0.2) is 24.3 Å². The van der Waals surface area contributed by atoms with Gasteiger partial charge in [0.1, 0.15) is 0 Å². The largest absolute Gasteiger partial charge is 0.356 e. The van der Waals surface area contributed by atoms with Crippen molar-refractivity contribution in [1.29, 1.82) is 0 Å². The molecule has 4 fully saturated rings. The molecular weight excluding hydrogens is 386 g/mol.